The van der Waals surface area contributed by atoms with Crippen LogP contribution in [0.3, 0.4) is 0 Å². The molecule has 1 aromatic heterocycles. The second-order valence-corrected chi connectivity index (χ2v) is 8.39. The first-order chi connectivity index (χ1) is 15.8. The van der Waals surface area contributed by atoms with Gasteiger partial charge in [-0.25, -0.2) is 0 Å². The summed E-state index contributed by atoms with van der Waals surface area (Å²) in [5.41, 5.74) is 0.418. The fraction of sp³-hybridized carbons (Fsp3) is 0.0870. The Kier molecular flexibility index (Phi) is 6.71. The zero-order valence-electron chi connectivity index (χ0n) is 16.8. The van der Waals surface area contributed by atoms with Gasteiger partial charge in [-0.2, -0.15) is 13.2 Å². The van der Waals surface area contributed by atoms with Gasteiger partial charge in [0.15, 0.2) is 5.16 Å². The molecule has 0 bridgehead atoms. The molecule has 0 saturated heterocycles. The molecular formula is C23H16ClF3N4OS. The number of halogens is 4. The predicted octanol–water partition coefficient (Wildman–Crippen LogP) is 6.41. The number of rotatable bonds is 6. The van der Waals surface area contributed by atoms with E-state index in [0.717, 1.165) is 35.6 Å². The zero-order valence-corrected chi connectivity index (χ0v) is 18.4. The first kappa shape index (κ1) is 22.9. The third-order valence-electron chi connectivity index (χ3n) is 4.67. The van der Waals surface area contributed by atoms with E-state index in [0.29, 0.717) is 10.7 Å². The summed E-state index contributed by atoms with van der Waals surface area (Å²) in [6, 6.07) is 21.0. The van der Waals surface area contributed by atoms with Gasteiger partial charge in [0, 0.05) is 5.69 Å². The number of nitrogens with zero attached hydrogens (tertiary/aromatic N) is 3. The van der Waals surface area contributed by atoms with Gasteiger partial charge >= 0.3 is 6.18 Å². The largest absolute Gasteiger partial charge is 0.416 e. The average Bonchev–Trinajstić information content (AvgIpc) is 3.27. The molecule has 3 aromatic carbocycles. The molecule has 0 radical (unpaired) electrons. The van der Waals surface area contributed by atoms with Crippen molar-refractivity contribution < 1.29 is 18.0 Å². The molecule has 0 saturated carbocycles. The van der Waals surface area contributed by atoms with Crippen molar-refractivity contribution in [3.05, 3.63) is 101 Å². The number of alkyl halides is 3. The molecule has 1 N–H and O–H groups in total. The van der Waals surface area contributed by atoms with E-state index >= 15 is 0 Å². The molecule has 1 amide bonds. The Morgan fingerprint density at radius 3 is 2.33 bits per heavy atom. The summed E-state index contributed by atoms with van der Waals surface area (Å²) < 4.78 is 41.1. The van der Waals surface area contributed by atoms with E-state index in [1.807, 2.05) is 30.3 Å². The highest BCUT2D eigenvalue weighted by molar-refractivity contribution is 8.00. The van der Waals surface area contributed by atoms with Gasteiger partial charge in [0.25, 0.3) is 0 Å². The molecule has 1 atom stereocenters. The van der Waals surface area contributed by atoms with Gasteiger partial charge in [0.05, 0.1) is 16.3 Å². The number of aromatic nitrogens is 3. The summed E-state index contributed by atoms with van der Waals surface area (Å²) in [4.78, 5) is 13.3. The fourth-order valence-electron chi connectivity index (χ4n) is 3.07. The lowest BCUT2D eigenvalue weighted by atomic mass is 10.1. The van der Waals surface area contributed by atoms with Crippen LogP contribution in [0.4, 0.5) is 18.9 Å². The lowest BCUT2D eigenvalue weighted by molar-refractivity contribution is -0.137. The molecule has 0 unspecified atom stereocenters. The normalized spacial score (nSPS) is 12.4. The number of carbonyl (C=O) groups excluding carboxylic acids is 1. The molecule has 4 aromatic rings. The third-order valence-corrected chi connectivity index (χ3v) is 6.21. The Balaban J connectivity index is 1.66. The van der Waals surface area contributed by atoms with Crippen molar-refractivity contribution in [2.45, 2.75) is 16.6 Å². The number of nitrogens with one attached hydrogen (secondary N) is 1. The van der Waals surface area contributed by atoms with Gasteiger partial charge in [-0.1, -0.05) is 71.9 Å². The van der Waals surface area contributed by atoms with E-state index in [1.54, 1.807) is 34.9 Å². The maximum Gasteiger partial charge on any atom is 0.416 e. The van der Waals surface area contributed by atoms with Gasteiger partial charge < -0.3 is 5.32 Å². The second kappa shape index (κ2) is 9.68. The van der Waals surface area contributed by atoms with Crippen LogP contribution in [0.25, 0.3) is 5.69 Å². The van der Waals surface area contributed by atoms with Crippen LogP contribution >= 0.6 is 23.4 Å². The van der Waals surface area contributed by atoms with Gasteiger partial charge in [-0.15, -0.1) is 10.2 Å². The topological polar surface area (TPSA) is 59.8 Å². The molecule has 5 nitrogen and oxygen atoms in total. The van der Waals surface area contributed by atoms with E-state index in [-0.39, 0.29) is 10.7 Å². The first-order valence-electron chi connectivity index (χ1n) is 9.67. The Hall–Kier alpha value is -3.30. The molecule has 0 fully saturated rings. The fourth-order valence-corrected chi connectivity index (χ4v) is 4.27. The average molecular weight is 489 g/mol. The Morgan fingerprint density at radius 1 is 1.00 bits per heavy atom. The molecule has 0 spiro atoms. The summed E-state index contributed by atoms with van der Waals surface area (Å²) in [7, 11) is 0. The number of benzene rings is 3. The minimum absolute atomic E-state index is 0.000569. The van der Waals surface area contributed by atoms with Crippen molar-refractivity contribution in [2.24, 2.45) is 0 Å². The van der Waals surface area contributed by atoms with Gasteiger partial charge in [-0.3, -0.25) is 9.36 Å². The number of thioether (sulfide) groups is 1. The van der Waals surface area contributed by atoms with E-state index in [2.05, 4.69) is 15.5 Å². The number of anilines is 1. The summed E-state index contributed by atoms with van der Waals surface area (Å²) in [6.45, 7) is 0. The van der Waals surface area contributed by atoms with Crippen molar-refractivity contribution in [3.63, 3.8) is 0 Å². The highest BCUT2D eigenvalue weighted by Gasteiger charge is 2.32. The second-order valence-electron chi connectivity index (χ2n) is 6.91. The number of amides is 1. The molecule has 0 aliphatic carbocycles. The Bertz CT molecular complexity index is 1250. The van der Waals surface area contributed by atoms with E-state index in [1.165, 1.54) is 6.33 Å². The maximum atomic E-state index is 13.3. The lowest BCUT2D eigenvalue weighted by Gasteiger charge is -2.18. The number of hydrogen-bond acceptors (Lipinski definition) is 4. The van der Waals surface area contributed by atoms with Crippen LogP contribution in [0, 0.1) is 0 Å². The smallest absolute Gasteiger partial charge is 0.323 e. The maximum absolute atomic E-state index is 13.3. The summed E-state index contributed by atoms with van der Waals surface area (Å²) in [6.07, 6.45) is -3.04. The molecule has 0 aliphatic heterocycles. The van der Waals surface area contributed by atoms with Gasteiger partial charge in [-0.05, 0) is 35.9 Å². The number of carbonyl (C=O) groups is 1. The monoisotopic (exact) mass is 488 g/mol. The summed E-state index contributed by atoms with van der Waals surface area (Å²) >= 11 is 7.20. The molecule has 1 heterocycles. The third kappa shape index (κ3) is 5.37. The van der Waals surface area contributed by atoms with Crippen LogP contribution in [0.1, 0.15) is 16.4 Å². The van der Waals surface area contributed by atoms with Crippen LogP contribution in [-0.2, 0) is 11.0 Å². The summed E-state index contributed by atoms with van der Waals surface area (Å²) in [5.74, 6) is -0.546. The van der Waals surface area contributed by atoms with E-state index in [9.17, 15) is 18.0 Å². The van der Waals surface area contributed by atoms with Crippen LogP contribution in [0.15, 0.2) is 90.3 Å². The SMILES string of the molecule is O=C(Nc1cc(C(F)(F)F)ccc1Cl)[C@H](Sc1nncn1-c1ccccc1)c1ccccc1. The van der Waals surface area contributed by atoms with Gasteiger partial charge in [0.1, 0.15) is 11.6 Å². The Labute approximate surface area is 196 Å². The molecular weight excluding hydrogens is 473 g/mol. The molecule has 0 aliphatic rings. The Morgan fingerprint density at radius 2 is 1.67 bits per heavy atom. The molecule has 33 heavy (non-hydrogen) atoms. The predicted molar refractivity (Wildman–Crippen MR) is 121 cm³/mol. The van der Waals surface area contributed by atoms with Crippen LogP contribution in [-0.4, -0.2) is 20.7 Å². The summed E-state index contributed by atoms with van der Waals surface area (Å²) in [5, 5.41) is 10.2. The standard InChI is InChI=1S/C23H16ClF3N4OS/c24-18-12-11-16(23(25,26)27)13-19(18)29-21(32)20(15-7-3-1-4-8-15)33-22-30-28-14-31(22)17-9-5-2-6-10-17/h1-14,20H,(H,29,32)/t20-/m1/s1. The van der Waals surface area contributed by atoms with Crippen molar-refractivity contribution in [3.8, 4) is 5.69 Å². The highest BCUT2D eigenvalue weighted by Crippen LogP contribution is 2.38. The number of hydrogen-bond donors (Lipinski definition) is 1. The van der Waals surface area contributed by atoms with E-state index < -0.39 is 22.9 Å². The quantitative estimate of drug-likeness (QED) is 0.318. The van der Waals surface area contributed by atoms with Gasteiger partial charge in [0.2, 0.25) is 5.91 Å². The highest BCUT2D eigenvalue weighted by atomic mass is 35.5. The molecule has 10 heteroatoms. The van der Waals surface area contributed by atoms with Crippen molar-refractivity contribution in [1.82, 2.24) is 14.8 Å². The minimum atomic E-state index is -4.57. The molecule has 4 rings (SSSR count). The van der Waals surface area contributed by atoms with E-state index in [4.69, 9.17) is 11.6 Å². The van der Waals surface area contributed by atoms with Crippen molar-refractivity contribution >= 4 is 35.0 Å². The van der Waals surface area contributed by atoms with Crippen LogP contribution < -0.4 is 5.32 Å². The van der Waals surface area contributed by atoms with Crippen molar-refractivity contribution in [2.75, 3.05) is 5.32 Å². The van der Waals surface area contributed by atoms with Crippen LogP contribution in [0.5, 0.6) is 0 Å². The van der Waals surface area contributed by atoms with Crippen molar-refractivity contribution in [1.29, 1.82) is 0 Å². The lowest BCUT2D eigenvalue weighted by Crippen LogP contribution is -2.20. The number of para-hydroxylation sites is 1. The first-order valence-corrected chi connectivity index (χ1v) is 10.9. The zero-order chi connectivity index (χ0) is 23.4. The van der Waals surface area contributed by atoms with Crippen LogP contribution in [0.2, 0.25) is 5.02 Å². The molecule has 168 valence electrons. The minimum Gasteiger partial charge on any atom is -0.323 e.